The van der Waals surface area contributed by atoms with Gasteiger partial charge in [-0.1, -0.05) is 6.07 Å². The Bertz CT molecular complexity index is 403. The molecule has 0 amide bonds. The number of benzene rings is 1. The van der Waals surface area contributed by atoms with Gasteiger partial charge in [0.15, 0.2) is 0 Å². The maximum absolute atomic E-state index is 5.82. The van der Waals surface area contributed by atoms with E-state index in [1.807, 2.05) is 6.07 Å². The summed E-state index contributed by atoms with van der Waals surface area (Å²) in [4.78, 5) is 2.47. The van der Waals surface area contributed by atoms with Crippen molar-refractivity contribution in [2.24, 2.45) is 11.7 Å². The molecule has 1 aliphatic heterocycles. The summed E-state index contributed by atoms with van der Waals surface area (Å²) in [5.74, 6) is 1.58. The molecule has 100 valence electrons. The number of nitrogens with zero attached hydrogens (tertiary/aromatic N) is 1. The summed E-state index contributed by atoms with van der Waals surface area (Å²) in [7, 11) is 1.71. The molecule has 1 saturated heterocycles. The van der Waals surface area contributed by atoms with E-state index in [-0.39, 0.29) is 5.54 Å². The molecule has 0 bridgehead atoms. The van der Waals surface area contributed by atoms with Crippen LogP contribution >= 0.6 is 0 Å². The summed E-state index contributed by atoms with van der Waals surface area (Å²) in [6.45, 7) is 6.47. The molecule has 2 rings (SSSR count). The fourth-order valence-corrected chi connectivity index (χ4v) is 2.99. The molecule has 0 saturated carbocycles. The largest absolute Gasteiger partial charge is 0.497 e. The van der Waals surface area contributed by atoms with Crippen molar-refractivity contribution in [3.05, 3.63) is 24.3 Å². The van der Waals surface area contributed by atoms with Gasteiger partial charge >= 0.3 is 0 Å². The van der Waals surface area contributed by atoms with Gasteiger partial charge < -0.3 is 15.4 Å². The molecule has 1 aliphatic rings. The number of anilines is 1. The van der Waals surface area contributed by atoms with Crippen molar-refractivity contribution in [3.8, 4) is 5.75 Å². The van der Waals surface area contributed by atoms with Crippen molar-refractivity contribution in [3.63, 3.8) is 0 Å². The molecule has 0 radical (unpaired) electrons. The monoisotopic (exact) mass is 248 g/mol. The number of hydrogen-bond acceptors (Lipinski definition) is 3. The lowest BCUT2D eigenvalue weighted by molar-refractivity contribution is 0.278. The van der Waals surface area contributed by atoms with Gasteiger partial charge in [-0.15, -0.1) is 0 Å². The van der Waals surface area contributed by atoms with Crippen molar-refractivity contribution in [2.45, 2.75) is 32.2 Å². The predicted octanol–water partition coefficient (Wildman–Crippen LogP) is 2.65. The number of ether oxygens (including phenoxy) is 1. The van der Waals surface area contributed by atoms with Gasteiger partial charge in [0, 0.05) is 23.8 Å². The van der Waals surface area contributed by atoms with Crippen molar-refractivity contribution >= 4 is 5.69 Å². The van der Waals surface area contributed by atoms with Crippen LogP contribution in [-0.2, 0) is 0 Å². The quantitative estimate of drug-likeness (QED) is 0.893. The van der Waals surface area contributed by atoms with Crippen LogP contribution in [0.25, 0.3) is 0 Å². The van der Waals surface area contributed by atoms with Crippen LogP contribution in [0, 0.1) is 5.92 Å². The third-order valence-electron chi connectivity index (χ3n) is 3.98. The first-order chi connectivity index (χ1) is 8.56. The lowest BCUT2D eigenvalue weighted by Gasteiger charge is -2.47. The Morgan fingerprint density at radius 1 is 1.44 bits per heavy atom. The highest BCUT2D eigenvalue weighted by Crippen LogP contribution is 2.36. The Morgan fingerprint density at radius 2 is 2.22 bits per heavy atom. The Balaban J connectivity index is 2.22. The molecular weight excluding hydrogens is 224 g/mol. The van der Waals surface area contributed by atoms with E-state index in [1.54, 1.807) is 7.11 Å². The maximum Gasteiger partial charge on any atom is 0.120 e. The van der Waals surface area contributed by atoms with Crippen LogP contribution in [0.2, 0.25) is 0 Å². The van der Waals surface area contributed by atoms with Gasteiger partial charge in [0.05, 0.1) is 7.11 Å². The van der Waals surface area contributed by atoms with Gasteiger partial charge in [0.25, 0.3) is 0 Å². The first-order valence-corrected chi connectivity index (χ1v) is 6.68. The molecule has 0 spiro atoms. The summed E-state index contributed by atoms with van der Waals surface area (Å²) in [6, 6.07) is 8.32. The molecule has 3 nitrogen and oxygen atoms in total. The second-order valence-electron chi connectivity index (χ2n) is 5.76. The van der Waals surface area contributed by atoms with Crippen molar-refractivity contribution in [1.82, 2.24) is 0 Å². The van der Waals surface area contributed by atoms with Crippen molar-refractivity contribution < 1.29 is 4.74 Å². The molecule has 3 heteroatoms. The highest BCUT2D eigenvalue weighted by atomic mass is 16.5. The van der Waals surface area contributed by atoms with Crippen molar-refractivity contribution in [2.75, 3.05) is 25.1 Å². The van der Waals surface area contributed by atoms with E-state index in [4.69, 9.17) is 10.5 Å². The van der Waals surface area contributed by atoms with Gasteiger partial charge in [-0.25, -0.2) is 0 Å². The minimum Gasteiger partial charge on any atom is -0.497 e. The summed E-state index contributed by atoms with van der Waals surface area (Å²) >= 11 is 0. The number of piperidine rings is 1. The van der Waals surface area contributed by atoms with Crippen LogP contribution in [0.3, 0.4) is 0 Å². The number of methoxy groups -OCH3 is 1. The normalized spacial score (nSPS) is 22.9. The number of nitrogens with two attached hydrogens (primary N) is 1. The molecule has 1 aromatic carbocycles. The minimum absolute atomic E-state index is 0.161. The highest BCUT2D eigenvalue weighted by Gasteiger charge is 2.34. The summed E-state index contributed by atoms with van der Waals surface area (Å²) in [5.41, 5.74) is 7.22. The first kappa shape index (κ1) is 13.2. The molecule has 1 heterocycles. The smallest absolute Gasteiger partial charge is 0.120 e. The van der Waals surface area contributed by atoms with Gasteiger partial charge in [0.1, 0.15) is 5.75 Å². The molecule has 2 N–H and O–H groups in total. The molecule has 18 heavy (non-hydrogen) atoms. The molecule has 1 unspecified atom stereocenters. The predicted molar refractivity (Wildman–Crippen MR) is 76.2 cm³/mol. The Morgan fingerprint density at radius 3 is 2.83 bits per heavy atom. The van der Waals surface area contributed by atoms with Crippen molar-refractivity contribution in [1.29, 1.82) is 0 Å². The lowest BCUT2D eigenvalue weighted by atomic mass is 9.82. The number of rotatable bonds is 3. The van der Waals surface area contributed by atoms with Crippen LogP contribution < -0.4 is 15.4 Å². The second kappa shape index (κ2) is 5.19. The van der Waals surface area contributed by atoms with Gasteiger partial charge in [-0.2, -0.15) is 0 Å². The Kier molecular flexibility index (Phi) is 3.81. The standard InChI is InChI=1S/C15H24N2O/c1-15(2)10-12(11-16)7-8-17(15)13-5-4-6-14(9-13)18-3/h4-6,9,12H,7-8,10-11,16H2,1-3H3. The molecule has 1 aromatic rings. The Labute approximate surface area is 110 Å². The molecule has 0 aromatic heterocycles. The van der Waals surface area contributed by atoms with E-state index in [9.17, 15) is 0 Å². The zero-order valence-corrected chi connectivity index (χ0v) is 11.6. The third kappa shape index (κ3) is 2.61. The Hall–Kier alpha value is -1.22. The van der Waals surface area contributed by atoms with E-state index >= 15 is 0 Å². The highest BCUT2D eigenvalue weighted by molar-refractivity contribution is 5.53. The zero-order valence-electron chi connectivity index (χ0n) is 11.6. The zero-order chi connectivity index (χ0) is 13.2. The van der Waals surface area contributed by atoms with Crippen LogP contribution in [0.1, 0.15) is 26.7 Å². The molecule has 0 aliphatic carbocycles. The van der Waals surface area contributed by atoms with Gasteiger partial charge in [0.2, 0.25) is 0 Å². The summed E-state index contributed by atoms with van der Waals surface area (Å²) in [6.07, 6.45) is 2.33. The maximum atomic E-state index is 5.82. The topological polar surface area (TPSA) is 38.5 Å². The molecule has 1 atom stereocenters. The van der Waals surface area contributed by atoms with E-state index in [0.29, 0.717) is 5.92 Å². The number of hydrogen-bond donors (Lipinski definition) is 1. The average Bonchev–Trinajstić information content (AvgIpc) is 2.37. The summed E-state index contributed by atoms with van der Waals surface area (Å²) in [5, 5.41) is 0. The lowest BCUT2D eigenvalue weighted by Crippen LogP contribution is -2.51. The van der Waals surface area contributed by atoms with Gasteiger partial charge in [-0.3, -0.25) is 0 Å². The van der Waals surface area contributed by atoms with E-state index in [0.717, 1.165) is 25.3 Å². The molecular formula is C15H24N2O. The van der Waals surface area contributed by atoms with Crippen LogP contribution in [0.15, 0.2) is 24.3 Å². The van der Waals surface area contributed by atoms with Crippen LogP contribution in [-0.4, -0.2) is 25.7 Å². The first-order valence-electron chi connectivity index (χ1n) is 6.68. The third-order valence-corrected chi connectivity index (χ3v) is 3.98. The second-order valence-corrected chi connectivity index (χ2v) is 5.76. The minimum atomic E-state index is 0.161. The summed E-state index contributed by atoms with van der Waals surface area (Å²) < 4.78 is 5.31. The van der Waals surface area contributed by atoms with Crippen LogP contribution in [0.5, 0.6) is 5.75 Å². The average molecular weight is 248 g/mol. The molecule has 1 fully saturated rings. The van der Waals surface area contributed by atoms with Gasteiger partial charge in [-0.05, 0) is 51.3 Å². The van der Waals surface area contributed by atoms with E-state index in [2.05, 4.69) is 36.9 Å². The fourth-order valence-electron chi connectivity index (χ4n) is 2.99. The SMILES string of the molecule is COc1cccc(N2CCC(CN)CC2(C)C)c1. The van der Waals surface area contributed by atoms with E-state index in [1.165, 1.54) is 12.1 Å². The fraction of sp³-hybridized carbons (Fsp3) is 0.600. The van der Waals surface area contributed by atoms with E-state index < -0.39 is 0 Å². The van der Waals surface area contributed by atoms with Crippen LogP contribution in [0.4, 0.5) is 5.69 Å².